The van der Waals surface area contributed by atoms with Crippen LogP contribution in [0.4, 0.5) is 0 Å². The number of rotatable bonds is 6. The van der Waals surface area contributed by atoms with Crippen LogP contribution in [0.3, 0.4) is 0 Å². The molecular formula is C27H23NO5. The highest BCUT2D eigenvalue weighted by Crippen LogP contribution is 2.42. The summed E-state index contributed by atoms with van der Waals surface area (Å²) in [5.41, 5.74) is 3.76. The topological polar surface area (TPSA) is 66.8 Å². The van der Waals surface area contributed by atoms with E-state index in [1.165, 1.54) is 14.2 Å². The Hall–Kier alpha value is -4.32. The number of carbonyl (C=O) groups excluding carboxylic acids is 2. The zero-order chi connectivity index (χ0) is 23.4. The third-order valence-electron chi connectivity index (χ3n) is 5.38. The molecule has 6 heteroatoms. The van der Waals surface area contributed by atoms with Crippen molar-refractivity contribution in [2.45, 2.75) is 0 Å². The van der Waals surface area contributed by atoms with Crippen LogP contribution in [-0.4, -0.2) is 37.8 Å². The lowest BCUT2D eigenvalue weighted by molar-refractivity contribution is 0.0550. The van der Waals surface area contributed by atoms with Gasteiger partial charge in [-0.2, -0.15) is 0 Å². The van der Waals surface area contributed by atoms with Gasteiger partial charge in [0.1, 0.15) is 17.0 Å². The van der Waals surface area contributed by atoms with Crippen molar-refractivity contribution in [1.29, 1.82) is 0 Å². The van der Waals surface area contributed by atoms with Gasteiger partial charge in [0.05, 0.1) is 27.0 Å². The van der Waals surface area contributed by atoms with Crippen molar-refractivity contribution in [3.8, 4) is 33.8 Å². The molecule has 166 valence electrons. The first kappa shape index (κ1) is 21.9. The summed E-state index contributed by atoms with van der Waals surface area (Å²) >= 11 is 0. The Morgan fingerprint density at radius 2 is 1.21 bits per heavy atom. The fourth-order valence-corrected chi connectivity index (χ4v) is 3.91. The molecular weight excluding hydrogens is 418 g/mol. The second-order valence-corrected chi connectivity index (χ2v) is 7.20. The third-order valence-corrected chi connectivity index (χ3v) is 5.38. The molecule has 3 aromatic carbocycles. The molecule has 0 aliphatic carbocycles. The number of hydrogen-bond acceptors (Lipinski definition) is 5. The fraction of sp³-hybridized carbons (Fsp3) is 0.111. The molecule has 0 N–H and O–H groups in total. The fourth-order valence-electron chi connectivity index (χ4n) is 3.91. The molecule has 0 fully saturated rings. The van der Waals surface area contributed by atoms with E-state index in [0.29, 0.717) is 22.7 Å². The predicted molar refractivity (Wildman–Crippen MR) is 126 cm³/mol. The van der Waals surface area contributed by atoms with Crippen molar-refractivity contribution in [3.63, 3.8) is 0 Å². The molecule has 0 saturated heterocycles. The van der Waals surface area contributed by atoms with E-state index < -0.39 is 11.9 Å². The zero-order valence-electron chi connectivity index (χ0n) is 18.6. The van der Waals surface area contributed by atoms with Gasteiger partial charge < -0.3 is 18.8 Å². The highest BCUT2D eigenvalue weighted by molar-refractivity contribution is 6.11. The number of esters is 2. The number of ether oxygens (including phenoxy) is 3. The van der Waals surface area contributed by atoms with Crippen LogP contribution in [0.5, 0.6) is 5.75 Å². The van der Waals surface area contributed by atoms with Gasteiger partial charge in [-0.25, -0.2) is 9.59 Å². The van der Waals surface area contributed by atoms with Gasteiger partial charge in [-0.05, 0) is 35.4 Å². The first-order chi connectivity index (χ1) is 16.1. The minimum atomic E-state index is -0.648. The Morgan fingerprint density at radius 1 is 0.667 bits per heavy atom. The summed E-state index contributed by atoms with van der Waals surface area (Å²) in [6, 6.07) is 26.3. The average molecular weight is 441 g/mol. The predicted octanol–water partition coefficient (Wildman–Crippen LogP) is 5.39. The maximum Gasteiger partial charge on any atom is 0.355 e. The molecule has 0 radical (unpaired) electrons. The van der Waals surface area contributed by atoms with Crippen LogP contribution < -0.4 is 4.74 Å². The van der Waals surface area contributed by atoms with Crippen LogP contribution in [-0.2, 0) is 9.47 Å². The number of benzene rings is 3. The zero-order valence-corrected chi connectivity index (χ0v) is 18.6. The van der Waals surface area contributed by atoms with E-state index in [1.807, 2.05) is 72.8 Å². The van der Waals surface area contributed by atoms with E-state index in [9.17, 15) is 9.59 Å². The van der Waals surface area contributed by atoms with E-state index >= 15 is 0 Å². The van der Waals surface area contributed by atoms with Crippen molar-refractivity contribution in [1.82, 2.24) is 4.57 Å². The molecule has 0 amide bonds. The normalized spacial score (nSPS) is 10.5. The molecule has 0 saturated carbocycles. The Kier molecular flexibility index (Phi) is 6.26. The molecule has 1 heterocycles. The van der Waals surface area contributed by atoms with Gasteiger partial charge in [-0.3, -0.25) is 0 Å². The summed E-state index contributed by atoms with van der Waals surface area (Å²) in [5.74, 6) is -0.604. The number of aromatic nitrogens is 1. The molecule has 1 aromatic heterocycles. The third kappa shape index (κ3) is 3.99. The number of nitrogens with zero attached hydrogens (tertiary/aromatic N) is 1. The lowest BCUT2D eigenvalue weighted by Gasteiger charge is -2.15. The van der Waals surface area contributed by atoms with Gasteiger partial charge in [0.15, 0.2) is 0 Å². The van der Waals surface area contributed by atoms with E-state index in [1.54, 1.807) is 23.8 Å². The minimum Gasteiger partial charge on any atom is -0.497 e. The summed E-state index contributed by atoms with van der Waals surface area (Å²) in [5, 5.41) is 0. The highest BCUT2D eigenvalue weighted by atomic mass is 16.5. The maximum atomic E-state index is 13.1. The van der Waals surface area contributed by atoms with Gasteiger partial charge in [0.25, 0.3) is 0 Å². The van der Waals surface area contributed by atoms with Crippen molar-refractivity contribution >= 4 is 11.9 Å². The lowest BCUT2D eigenvalue weighted by atomic mass is 9.97. The van der Waals surface area contributed by atoms with Crippen molar-refractivity contribution in [3.05, 3.63) is 96.2 Å². The van der Waals surface area contributed by atoms with Crippen LogP contribution >= 0.6 is 0 Å². The summed E-state index contributed by atoms with van der Waals surface area (Å²) in [6.45, 7) is 0. The van der Waals surface area contributed by atoms with Crippen LogP contribution in [0.25, 0.3) is 28.1 Å². The second kappa shape index (κ2) is 9.44. The largest absolute Gasteiger partial charge is 0.497 e. The van der Waals surface area contributed by atoms with Crippen LogP contribution in [0.2, 0.25) is 0 Å². The van der Waals surface area contributed by atoms with Gasteiger partial charge in [-0.15, -0.1) is 0 Å². The van der Waals surface area contributed by atoms with Crippen LogP contribution in [0.1, 0.15) is 20.8 Å². The van der Waals surface area contributed by atoms with Gasteiger partial charge in [0.2, 0.25) is 0 Å². The number of carbonyl (C=O) groups is 2. The molecule has 0 spiro atoms. The van der Waals surface area contributed by atoms with Gasteiger partial charge >= 0.3 is 11.9 Å². The number of hydrogen-bond donors (Lipinski definition) is 0. The van der Waals surface area contributed by atoms with E-state index in [0.717, 1.165) is 11.1 Å². The SMILES string of the molecule is COC(=O)c1c(-c2ccccc2)c(-c2ccccc2)n(-c2ccc(OC)cc2)c1C(=O)OC. The van der Waals surface area contributed by atoms with E-state index in [4.69, 9.17) is 14.2 Å². The highest BCUT2D eigenvalue weighted by Gasteiger charge is 2.34. The molecule has 0 aliphatic rings. The lowest BCUT2D eigenvalue weighted by Crippen LogP contribution is -2.15. The summed E-state index contributed by atoms with van der Waals surface area (Å²) in [4.78, 5) is 26.2. The van der Waals surface area contributed by atoms with Crippen molar-refractivity contribution in [2.75, 3.05) is 21.3 Å². The molecule has 0 bridgehead atoms. The molecule has 0 unspecified atom stereocenters. The Bertz CT molecular complexity index is 1280. The Morgan fingerprint density at radius 3 is 1.73 bits per heavy atom. The molecule has 4 rings (SSSR count). The first-order valence-corrected chi connectivity index (χ1v) is 10.3. The van der Waals surface area contributed by atoms with Crippen molar-refractivity contribution < 1.29 is 23.8 Å². The molecule has 0 aliphatic heterocycles. The summed E-state index contributed by atoms with van der Waals surface area (Å²) in [7, 11) is 4.17. The van der Waals surface area contributed by atoms with Crippen LogP contribution in [0.15, 0.2) is 84.9 Å². The Balaban J connectivity index is 2.21. The number of methoxy groups -OCH3 is 3. The van der Waals surface area contributed by atoms with Gasteiger partial charge in [0, 0.05) is 11.3 Å². The van der Waals surface area contributed by atoms with Gasteiger partial charge in [-0.1, -0.05) is 60.7 Å². The Labute approximate surface area is 192 Å². The second-order valence-electron chi connectivity index (χ2n) is 7.20. The smallest absolute Gasteiger partial charge is 0.355 e. The maximum absolute atomic E-state index is 13.1. The van der Waals surface area contributed by atoms with E-state index in [-0.39, 0.29) is 11.3 Å². The first-order valence-electron chi connectivity index (χ1n) is 10.3. The van der Waals surface area contributed by atoms with E-state index in [2.05, 4.69) is 0 Å². The van der Waals surface area contributed by atoms with Crippen LogP contribution in [0, 0.1) is 0 Å². The standard InChI is InChI=1S/C27H23NO5/c1-31-21-16-14-20(15-17-21)28-24(19-12-8-5-9-13-19)22(18-10-6-4-7-11-18)23(26(29)32-2)25(28)27(30)33-3/h4-17H,1-3H3. The molecule has 4 aromatic rings. The monoisotopic (exact) mass is 441 g/mol. The minimum absolute atomic E-state index is 0.0900. The van der Waals surface area contributed by atoms with Crippen molar-refractivity contribution in [2.24, 2.45) is 0 Å². The average Bonchev–Trinajstić information content (AvgIpc) is 3.25. The molecule has 6 nitrogen and oxygen atoms in total. The molecule has 33 heavy (non-hydrogen) atoms. The summed E-state index contributed by atoms with van der Waals surface area (Å²) < 4.78 is 17.3. The quantitative estimate of drug-likeness (QED) is 0.375. The molecule has 0 atom stereocenters. The summed E-state index contributed by atoms with van der Waals surface area (Å²) in [6.07, 6.45) is 0.